The van der Waals surface area contributed by atoms with Crippen LogP contribution >= 0.6 is 23.2 Å². The Morgan fingerprint density at radius 2 is 1.77 bits per heavy atom. The highest BCUT2D eigenvalue weighted by molar-refractivity contribution is 6.42. The fraction of sp³-hybridized carbons (Fsp3) is 0.500. The minimum absolute atomic E-state index is 0.0942. The van der Waals surface area contributed by atoms with E-state index in [2.05, 4.69) is 35.3 Å². The number of hydrogen-bond acceptors (Lipinski definition) is 2. The number of rotatable bonds is 6. The lowest BCUT2D eigenvalue weighted by molar-refractivity contribution is -0.127. The molecular formula is C26H32Cl2N2O. The van der Waals surface area contributed by atoms with E-state index in [-0.39, 0.29) is 17.9 Å². The molecular weight excluding hydrogens is 427 g/mol. The van der Waals surface area contributed by atoms with Crippen molar-refractivity contribution in [1.82, 2.24) is 10.2 Å². The summed E-state index contributed by atoms with van der Waals surface area (Å²) >= 11 is 12.2. The third-order valence-electron chi connectivity index (χ3n) is 6.85. The van der Waals surface area contributed by atoms with Gasteiger partial charge in [-0.2, -0.15) is 0 Å². The van der Waals surface area contributed by atoms with Gasteiger partial charge < -0.3 is 5.32 Å². The number of halogens is 2. The molecule has 1 atom stereocenters. The molecule has 31 heavy (non-hydrogen) atoms. The second-order valence-corrected chi connectivity index (χ2v) is 9.82. The Balaban J connectivity index is 1.31. The molecule has 5 heteroatoms. The standard InChI is InChI=1S/C26H32Cl2N2O/c1-2-25(22-9-8-19-5-3-4-6-21(19)16-22)29-26(31)20-11-13-30(14-12-20)17-18-7-10-23(27)24(28)15-18/h7-10,15-16,20,25H,2-6,11-14,17H2,1H3,(H,29,31)/t25-/m0/s1. The number of carbonyl (C=O) groups is 1. The average Bonchev–Trinajstić information content (AvgIpc) is 2.80. The van der Waals surface area contributed by atoms with Crippen molar-refractivity contribution in [2.75, 3.05) is 13.1 Å². The summed E-state index contributed by atoms with van der Waals surface area (Å²) in [6.45, 7) is 4.85. The summed E-state index contributed by atoms with van der Waals surface area (Å²) in [6.07, 6.45) is 7.65. The van der Waals surface area contributed by atoms with E-state index in [1.54, 1.807) is 0 Å². The normalized spacial score (nSPS) is 18.4. The Labute approximate surface area is 196 Å². The first-order valence-corrected chi connectivity index (χ1v) is 12.4. The van der Waals surface area contributed by atoms with Crippen LogP contribution in [0, 0.1) is 5.92 Å². The van der Waals surface area contributed by atoms with Crippen molar-refractivity contribution in [3.63, 3.8) is 0 Å². The molecule has 2 aliphatic rings. The Hall–Kier alpha value is -1.55. The molecule has 0 spiro atoms. The zero-order chi connectivity index (χ0) is 21.8. The summed E-state index contributed by atoms with van der Waals surface area (Å²) in [5.74, 6) is 0.301. The van der Waals surface area contributed by atoms with Crippen molar-refractivity contribution in [1.29, 1.82) is 0 Å². The summed E-state index contributed by atoms with van der Waals surface area (Å²) in [4.78, 5) is 15.4. The molecule has 166 valence electrons. The summed E-state index contributed by atoms with van der Waals surface area (Å²) in [6, 6.07) is 12.8. The van der Waals surface area contributed by atoms with Crippen molar-refractivity contribution >= 4 is 29.1 Å². The van der Waals surface area contributed by atoms with Crippen LogP contribution < -0.4 is 5.32 Å². The monoisotopic (exact) mass is 458 g/mol. The SMILES string of the molecule is CC[C@H](NC(=O)C1CCN(Cc2ccc(Cl)c(Cl)c2)CC1)c1ccc2c(c1)CCCC2. The minimum atomic E-state index is 0.0942. The van der Waals surface area contributed by atoms with Crippen LogP contribution in [0.3, 0.4) is 0 Å². The number of piperidine rings is 1. The Morgan fingerprint density at radius 3 is 2.48 bits per heavy atom. The molecule has 0 unspecified atom stereocenters. The number of fused-ring (bicyclic) bond motifs is 1. The van der Waals surface area contributed by atoms with E-state index < -0.39 is 0 Å². The van der Waals surface area contributed by atoms with Crippen LogP contribution in [-0.4, -0.2) is 23.9 Å². The van der Waals surface area contributed by atoms with Gasteiger partial charge in [0.05, 0.1) is 16.1 Å². The highest BCUT2D eigenvalue weighted by atomic mass is 35.5. The molecule has 0 radical (unpaired) electrons. The predicted molar refractivity (Wildman–Crippen MR) is 129 cm³/mol. The van der Waals surface area contributed by atoms with E-state index in [4.69, 9.17) is 23.2 Å². The second-order valence-electron chi connectivity index (χ2n) is 9.00. The fourth-order valence-electron chi connectivity index (χ4n) is 4.93. The van der Waals surface area contributed by atoms with E-state index >= 15 is 0 Å². The Kier molecular flexibility index (Phi) is 7.58. The largest absolute Gasteiger partial charge is 0.349 e. The van der Waals surface area contributed by atoms with Gasteiger partial charge in [0, 0.05) is 12.5 Å². The first-order chi connectivity index (χ1) is 15.0. The Bertz CT molecular complexity index is 922. The molecule has 1 fully saturated rings. The molecule has 1 saturated heterocycles. The van der Waals surface area contributed by atoms with Crippen LogP contribution in [-0.2, 0) is 24.2 Å². The molecule has 4 rings (SSSR count). The average molecular weight is 459 g/mol. The van der Waals surface area contributed by atoms with Gasteiger partial charge in [-0.25, -0.2) is 0 Å². The highest BCUT2D eigenvalue weighted by Gasteiger charge is 2.27. The van der Waals surface area contributed by atoms with Gasteiger partial charge in [-0.15, -0.1) is 0 Å². The van der Waals surface area contributed by atoms with Gasteiger partial charge in [0.1, 0.15) is 0 Å². The van der Waals surface area contributed by atoms with Crippen LogP contribution in [0.4, 0.5) is 0 Å². The number of nitrogens with one attached hydrogen (secondary N) is 1. The quantitative estimate of drug-likeness (QED) is 0.546. The lowest BCUT2D eigenvalue weighted by Gasteiger charge is -2.32. The van der Waals surface area contributed by atoms with E-state index in [0.717, 1.165) is 44.5 Å². The molecule has 1 N–H and O–H groups in total. The molecule has 1 aliphatic heterocycles. The summed E-state index contributed by atoms with van der Waals surface area (Å²) < 4.78 is 0. The first kappa shape index (κ1) is 22.6. The van der Waals surface area contributed by atoms with Crippen LogP contribution in [0.1, 0.15) is 67.3 Å². The highest BCUT2D eigenvalue weighted by Crippen LogP contribution is 2.28. The van der Waals surface area contributed by atoms with E-state index in [1.807, 2.05) is 18.2 Å². The van der Waals surface area contributed by atoms with Gasteiger partial charge in [0.15, 0.2) is 0 Å². The zero-order valence-electron chi connectivity index (χ0n) is 18.3. The number of hydrogen-bond donors (Lipinski definition) is 1. The van der Waals surface area contributed by atoms with Crippen LogP contribution in [0.15, 0.2) is 36.4 Å². The van der Waals surface area contributed by atoms with Gasteiger partial charge in [-0.05, 0) is 92.4 Å². The van der Waals surface area contributed by atoms with Crippen molar-refractivity contribution in [2.45, 2.75) is 64.5 Å². The van der Waals surface area contributed by atoms with Gasteiger partial charge in [0.25, 0.3) is 0 Å². The fourth-order valence-corrected chi connectivity index (χ4v) is 5.25. The molecule has 0 bridgehead atoms. The van der Waals surface area contributed by atoms with Gasteiger partial charge >= 0.3 is 0 Å². The third-order valence-corrected chi connectivity index (χ3v) is 7.59. The van der Waals surface area contributed by atoms with Crippen LogP contribution in [0.25, 0.3) is 0 Å². The van der Waals surface area contributed by atoms with Crippen LogP contribution in [0.2, 0.25) is 10.0 Å². The molecule has 1 heterocycles. The predicted octanol–water partition coefficient (Wildman–Crippen LogP) is 6.35. The molecule has 1 amide bonds. The summed E-state index contributed by atoms with van der Waals surface area (Å²) in [5.41, 5.74) is 5.39. The number of benzene rings is 2. The van der Waals surface area contributed by atoms with Crippen molar-refractivity contribution in [2.24, 2.45) is 5.92 Å². The third kappa shape index (κ3) is 5.63. The van der Waals surface area contributed by atoms with Gasteiger partial charge in [0.2, 0.25) is 5.91 Å². The number of carbonyl (C=O) groups excluding carboxylic acids is 1. The minimum Gasteiger partial charge on any atom is -0.349 e. The molecule has 2 aromatic carbocycles. The van der Waals surface area contributed by atoms with Crippen LogP contribution in [0.5, 0.6) is 0 Å². The molecule has 1 aliphatic carbocycles. The lowest BCUT2D eigenvalue weighted by Crippen LogP contribution is -2.41. The van der Waals surface area contributed by atoms with Crippen molar-refractivity contribution in [3.8, 4) is 0 Å². The Morgan fingerprint density at radius 1 is 1.03 bits per heavy atom. The van der Waals surface area contributed by atoms with Gasteiger partial charge in [-0.3, -0.25) is 9.69 Å². The number of aryl methyl sites for hydroxylation is 2. The number of nitrogens with zero attached hydrogens (tertiary/aromatic N) is 1. The number of likely N-dealkylation sites (tertiary alicyclic amines) is 1. The zero-order valence-corrected chi connectivity index (χ0v) is 19.8. The van der Waals surface area contributed by atoms with Crippen molar-refractivity contribution in [3.05, 3.63) is 68.7 Å². The summed E-state index contributed by atoms with van der Waals surface area (Å²) in [5, 5.41) is 4.53. The van der Waals surface area contributed by atoms with E-state index in [0.29, 0.717) is 10.0 Å². The maximum Gasteiger partial charge on any atom is 0.223 e. The number of amides is 1. The molecule has 3 nitrogen and oxygen atoms in total. The van der Waals surface area contributed by atoms with Crippen molar-refractivity contribution < 1.29 is 4.79 Å². The maximum absolute atomic E-state index is 13.0. The first-order valence-electron chi connectivity index (χ1n) is 11.6. The molecule has 0 aromatic heterocycles. The smallest absolute Gasteiger partial charge is 0.223 e. The maximum atomic E-state index is 13.0. The molecule has 2 aromatic rings. The topological polar surface area (TPSA) is 32.3 Å². The van der Waals surface area contributed by atoms with Gasteiger partial charge in [-0.1, -0.05) is 54.4 Å². The second kappa shape index (κ2) is 10.4. The van der Waals surface area contributed by atoms with E-state index in [9.17, 15) is 4.79 Å². The molecule has 0 saturated carbocycles. The summed E-state index contributed by atoms with van der Waals surface area (Å²) in [7, 11) is 0. The van der Waals surface area contributed by atoms with E-state index in [1.165, 1.54) is 42.4 Å². The lowest BCUT2D eigenvalue weighted by atomic mass is 9.88.